The van der Waals surface area contributed by atoms with Crippen LogP contribution < -0.4 is 5.32 Å². The van der Waals surface area contributed by atoms with Crippen LogP contribution in [0.3, 0.4) is 0 Å². The van der Waals surface area contributed by atoms with Gasteiger partial charge in [0, 0.05) is 6.61 Å². The molecule has 2 N–H and O–H groups in total. The summed E-state index contributed by atoms with van der Waals surface area (Å²) < 4.78 is 5.24. The summed E-state index contributed by atoms with van der Waals surface area (Å²) in [6, 6.07) is 5.42. The highest BCUT2D eigenvalue weighted by Gasteiger charge is 2.06. The van der Waals surface area contributed by atoms with Crippen LogP contribution in [0.4, 0.5) is 0 Å². The fraction of sp³-hybridized carbons (Fsp3) is 0.583. The second kappa shape index (κ2) is 7.04. The molecule has 0 bridgehead atoms. The standard InChI is InChI=1S/C12H18N2O2/c1-2-10(5-6-15)8-14-9-12-4-3-11(7-13)16-12/h3-4,10,14-15H,2,5-6,8-9H2,1H3. The molecule has 4 heteroatoms. The Hall–Kier alpha value is -1.31. The average molecular weight is 222 g/mol. The van der Waals surface area contributed by atoms with Gasteiger partial charge in [-0.15, -0.1) is 0 Å². The van der Waals surface area contributed by atoms with E-state index < -0.39 is 0 Å². The van der Waals surface area contributed by atoms with Crippen LogP contribution in [0.1, 0.15) is 31.3 Å². The summed E-state index contributed by atoms with van der Waals surface area (Å²) in [5.41, 5.74) is 0. The maximum absolute atomic E-state index is 8.84. The average Bonchev–Trinajstić information content (AvgIpc) is 2.76. The van der Waals surface area contributed by atoms with E-state index in [0.717, 1.165) is 25.1 Å². The molecule has 0 aliphatic rings. The van der Waals surface area contributed by atoms with E-state index in [4.69, 9.17) is 14.8 Å². The minimum atomic E-state index is 0.236. The Morgan fingerprint density at radius 2 is 2.38 bits per heavy atom. The molecule has 0 fully saturated rings. The van der Waals surface area contributed by atoms with Gasteiger partial charge in [-0.3, -0.25) is 0 Å². The zero-order valence-corrected chi connectivity index (χ0v) is 9.57. The Morgan fingerprint density at radius 1 is 1.56 bits per heavy atom. The van der Waals surface area contributed by atoms with E-state index in [9.17, 15) is 0 Å². The lowest BCUT2D eigenvalue weighted by Crippen LogP contribution is -2.22. The predicted molar refractivity (Wildman–Crippen MR) is 60.6 cm³/mol. The lowest BCUT2D eigenvalue weighted by Gasteiger charge is -2.13. The third-order valence-corrected chi connectivity index (χ3v) is 2.62. The number of nitrogens with zero attached hydrogens (tertiary/aromatic N) is 1. The zero-order valence-electron chi connectivity index (χ0n) is 9.57. The Labute approximate surface area is 95.9 Å². The maximum Gasteiger partial charge on any atom is 0.203 e. The third-order valence-electron chi connectivity index (χ3n) is 2.62. The van der Waals surface area contributed by atoms with Crippen LogP contribution in [-0.2, 0) is 6.54 Å². The van der Waals surface area contributed by atoms with Crippen molar-refractivity contribution in [2.75, 3.05) is 13.2 Å². The first-order chi connectivity index (χ1) is 7.80. The van der Waals surface area contributed by atoms with Crippen molar-refractivity contribution < 1.29 is 9.52 Å². The highest BCUT2D eigenvalue weighted by atomic mass is 16.3. The molecule has 1 rings (SSSR count). The van der Waals surface area contributed by atoms with Crippen molar-refractivity contribution in [2.45, 2.75) is 26.3 Å². The topological polar surface area (TPSA) is 69.2 Å². The van der Waals surface area contributed by atoms with E-state index in [1.54, 1.807) is 12.1 Å². The first-order valence-electron chi connectivity index (χ1n) is 5.60. The van der Waals surface area contributed by atoms with Crippen LogP contribution in [0.15, 0.2) is 16.5 Å². The van der Waals surface area contributed by atoms with Crippen LogP contribution in [0, 0.1) is 17.2 Å². The molecular weight excluding hydrogens is 204 g/mol. The molecule has 1 aromatic rings. The van der Waals surface area contributed by atoms with Crippen LogP contribution in [0.2, 0.25) is 0 Å². The number of hydrogen-bond acceptors (Lipinski definition) is 4. The van der Waals surface area contributed by atoms with Gasteiger partial charge in [0.05, 0.1) is 6.54 Å². The van der Waals surface area contributed by atoms with Gasteiger partial charge in [-0.25, -0.2) is 0 Å². The van der Waals surface area contributed by atoms with Gasteiger partial charge in [-0.05, 0) is 31.0 Å². The van der Waals surface area contributed by atoms with E-state index in [2.05, 4.69) is 12.2 Å². The number of aliphatic hydroxyl groups is 1. The summed E-state index contributed by atoms with van der Waals surface area (Å²) in [6.07, 6.45) is 1.88. The normalized spacial score (nSPS) is 12.3. The van der Waals surface area contributed by atoms with Crippen LogP contribution in [-0.4, -0.2) is 18.3 Å². The smallest absolute Gasteiger partial charge is 0.203 e. The Balaban J connectivity index is 2.27. The molecule has 0 aliphatic heterocycles. The minimum absolute atomic E-state index is 0.236. The Bertz CT molecular complexity index is 341. The summed E-state index contributed by atoms with van der Waals surface area (Å²) in [6.45, 7) is 3.84. The molecule has 0 spiro atoms. The molecule has 16 heavy (non-hydrogen) atoms. The number of hydrogen-bond donors (Lipinski definition) is 2. The zero-order chi connectivity index (χ0) is 11.8. The number of nitrogens with one attached hydrogen (secondary N) is 1. The first kappa shape index (κ1) is 12.8. The highest BCUT2D eigenvalue weighted by Crippen LogP contribution is 2.08. The van der Waals surface area contributed by atoms with Gasteiger partial charge >= 0.3 is 0 Å². The van der Waals surface area contributed by atoms with Gasteiger partial charge in [0.25, 0.3) is 0 Å². The fourth-order valence-corrected chi connectivity index (χ4v) is 1.57. The lowest BCUT2D eigenvalue weighted by atomic mass is 10.0. The summed E-state index contributed by atoms with van der Waals surface area (Å²) >= 11 is 0. The van der Waals surface area contributed by atoms with Gasteiger partial charge in [0.2, 0.25) is 5.76 Å². The maximum atomic E-state index is 8.84. The molecule has 4 nitrogen and oxygen atoms in total. The minimum Gasteiger partial charge on any atom is -0.449 e. The van der Waals surface area contributed by atoms with E-state index in [-0.39, 0.29) is 6.61 Å². The van der Waals surface area contributed by atoms with Crippen LogP contribution in [0.5, 0.6) is 0 Å². The Kier molecular flexibility index (Phi) is 5.62. The Morgan fingerprint density at radius 3 is 2.94 bits per heavy atom. The van der Waals surface area contributed by atoms with Crippen LogP contribution in [0.25, 0.3) is 0 Å². The van der Waals surface area contributed by atoms with Crippen molar-refractivity contribution in [1.29, 1.82) is 5.26 Å². The summed E-state index contributed by atoms with van der Waals surface area (Å²) in [5, 5.41) is 20.7. The molecule has 1 unspecified atom stereocenters. The largest absolute Gasteiger partial charge is 0.449 e. The first-order valence-corrected chi connectivity index (χ1v) is 5.60. The third kappa shape index (κ3) is 4.05. The molecule has 0 aliphatic carbocycles. The fourth-order valence-electron chi connectivity index (χ4n) is 1.57. The lowest BCUT2D eigenvalue weighted by molar-refractivity contribution is 0.250. The predicted octanol–water partition coefficient (Wildman–Crippen LogP) is 1.65. The monoisotopic (exact) mass is 222 g/mol. The van der Waals surface area contributed by atoms with E-state index in [1.165, 1.54) is 0 Å². The van der Waals surface area contributed by atoms with Crippen molar-refractivity contribution in [3.63, 3.8) is 0 Å². The second-order valence-corrected chi connectivity index (χ2v) is 3.80. The van der Waals surface area contributed by atoms with Gasteiger partial charge in [0.1, 0.15) is 11.8 Å². The van der Waals surface area contributed by atoms with Gasteiger partial charge < -0.3 is 14.8 Å². The number of aliphatic hydroxyl groups excluding tert-OH is 1. The van der Waals surface area contributed by atoms with E-state index in [0.29, 0.717) is 18.2 Å². The number of furan rings is 1. The van der Waals surface area contributed by atoms with E-state index >= 15 is 0 Å². The second-order valence-electron chi connectivity index (χ2n) is 3.80. The molecule has 88 valence electrons. The molecule has 1 heterocycles. The molecule has 0 amide bonds. The summed E-state index contributed by atoms with van der Waals surface area (Å²) in [7, 11) is 0. The van der Waals surface area contributed by atoms with Gasteiger partial charge in [0.15, 0.2) is 0 Å². The highest BCUT2D eigenvalue weighted by molar-refractivity contribution is 5.18. The van der Waals surface area contributed by atoms with Gasteiger partial charge in [-0.1, -0.05) is 13.3 Å². The van der Waals surface area contributed by atoms with Crippen molar-refractivity contribution in [2.24, 2.45) is 5.92 Å². The molecule has 1 atom stereocenters. The molecule has 0 saturated carbocycles. The van der Waals surface area contributed by atoms with Gasteiger partial charge in [-0.2, -0.15) is 5.26 Å². The quantitative estimate of drug-likeness (QED) is 0.736. The molecular formula is C12H18N2O2. The van der Waals surface area contributed by atoms with Crippen molar-refractivity contribution in [3.8, 4) is 6.07 Å². The number of rotatable bonds is 7. The van der Waals surface area contributed by atoms with Crippen molar-refractivity contribution >= 4 is 0 Å². The van der Waals surface area contributed by atoms with Crippen LogP contribution >= 0.6 is 0 Å². The number of nitriles is 1. The molecule has 0 aromatic carbocycles. The van der Waals surface area contributed by atoms with Crippen molar-refractivity contribution in [1.82, 2.24) is 5.32 Å². The van der Waals surface area contributed by atoms with E-state index in [1.807, 2.05) is 6.07 Å². The molecule has 0 saturated heterocycles. The summed E-state index contributed by atoms with van der Waals surface area (Å²) in [4.78, 5) is 0. The molecule has 1 aromatic heterocycles. The SMILES string of the molecule is CCC(CCO)CNCc1ccc(C#N)o1. The summed E-state index contributed by atoms with van der Waals surface area (Å²) in [5.74, 6) is 1.62. The molecule has 0 radical (unpaired) electrons. The van der Waals surface area contributed by atoms with Crippen molar-refractivity contribution in [3.05, 3.63) is 23.7 Å².